The highest BCUT2D eigenvalue weighted by molar-refractivity contribution is 14.1. The van der Waals surface area contributed by atoms with Crippen molar-refractivity contribution in [3.63, 3.8) is 0 Å². The van der Waals surface area contributed by atoms with Crippen LogP contribution in [0.5, 0.6) is 5.75 Å². The van der Waals surface area contributed by atoms with Crippen LogP contribution in [0.1, 0.15) is 17.3 Å². The summed E-state index contributed by atoms with van der Waals surface area (Å²) in [5.41, 5.74) is 1.15. The van der Waals surface area contributed by atoms with E-state index in [-0.39, 0.29) is 5.91 Å². The van der Waals surface area contributed by atoms with Crippen molar-refractivity contribution in [3.05, 3.63) is 57.7 Å². The van der Waals surface area contributed by atoms with Crippen LogP contribution in [0.2, 0.25) is 0 Å². The molecule has 2 aromatic carbocycles. The first-order chi connectivity index (χ1) is 9.54. The molecule has 0 saturated carbocycles. The van der Waals surface area contributed by atoms with Crippen molar-refractivity contribution in [1.29, 1.82) is 0 Å². The highest BCUT2D eigenvalue weighted by Crippen LogP contribution is 2.18. The number of rotatable bonds is 3. The molecule has 0 atom stereocenters. The van der Waals surface area contributed by atoms with Gasteiger partial charge in [0.15, 0.2) is 0 Å². The van der Waals surface area contributed by atoms with Crippen molar-refractivity contribution in [2.24, 2.45) is 0 Å². The maximum atomic E-state index is 12.0. The molecule has 0 spiro atoms. The van der Waals surface area contributed by atoms with Gasteiger partial charge in [0.1, 0.15) is 5.75 Å². The van der Waals surface area contributed by atoms with Gasteiger partial charge >= 0.3 is 5.97 Å². The maximum absolute atomic E-state index is 12.0. The third-order valence-corrected chi connectivity index (χ3v) is 3.18. The molecule has 1 N–H and O–H groups in total. The fourth-order valence-electron chi connectivity index (χ4n) is 1.61. The first-order valence-corrected chi connectivity index (χ1v) is 6.98. The van der Waals surface area contributed by atoms with Crippen LogP contribution >= 0.6 is 22.6 Å². The first-order valence-electron chi connectivity index (χ1n) is 5.90. The lowest BCUT2D eigenvalue weighted by Crippen LogP contribution is -2.12. The standard InChI is InChI=1S/C15H12INO3/c1-10(18)20-14-4-2-3-13(9-14)17-15(19)11-5-7-12(16)8-6-11/h2-9H,1H3,(H,17,19). The number of esters is 1. The third kappa shape index (κ3) is 4.06. The fraction of sp³-hybridized carbons (Fsp3) is 0.0667. The second-order valence-corrected chi connectivity index (χ2v) is 5.33. The van der Waals surface area contributed by atoms with E-state index < -0.39 is 5.97 Å². The Morgan fingerprint density at radius 1 is 1.10 bits per heavy atom. The molecule has 0 aliphatic rings. The molecule has 1 amide bonds. The Labute approximate surface area is 130 Å². The average Bonchev–Trinajstić information content (AvgIpc) is 2.39. The van der Waals surface area contributed by atoms with Crippen molar-refractivity contribution >= 4 is 40.2 Å². The van der Waals surface area contributed by atoms with Gasteiger partial charge in [-0.05, 0) is 59.0 Å². The minimum Gasteiger partial charge on any atom is -0.427 e. The van der Waals surface area contributed by atoms with Gasteiger partial charge in [-0.2, -0.15) is 0 Å². The van der Waals surface area contributed by atoms with Gasteiger partial charge < -0.3 is 10.1 Å². The van der Waals surface area contributed by atoms with E-state index >= 15 is 0 Å². The van der Waals surface area contributed by atoms with Crippen LogP contribution < -0.4 is 10.1 Å². The Morgan fingerprint density at radius 2 is 1.80 bits per heavy atom. The van der Waals surface area contributed by atoms with E-state index in [1.807, 2.05) is 12.1 Å². The number of carbonyl (C=O) groups is 2. The zero-order valence-corrected chi connectivity index (χ0v) is 12.9. The number of benzene rings is 2. The summed E-state index contributed by atoms with van der Waals surface area (Å²) in [5.74, 6) is -0.203. The number of nitrogens with one attached hydrogen (secondary N) is 1. The second-order valence-electron chi connectivity index (χ2n) is 4.08. The molecule has 0 bridgehead atoms. The molecule has 5 heteroatoms. The van der Waals surface area contributed by atoms with Gasteiger partial charge in [-0.15, -0.1) is 0 Å². The Bertz CT molecular complexity index is 638. The Kier molecular flexibility index (Phi) is 4.73. The van der Waals surface area contributed by atoms with Crippen LogP contribution in [-0.4, -0.2) is 11.9 Å². The number of carbonyl (C=O) groups excluding carboxylic acids is 2. The van der Waals surface area contributed by atoms with Gasteiger partial charge in [-0.25, -0.2) is 0 Å². The lowest BCUT2D eigenvalue weighted by molar-refractivity contribution is -0.131. The fourth-order valence-corrected chi connectivity index (χ4v) is 1.97. The lowest BCUT2D eigenvalue weighted by atomic mass is 10.2. The highest BCUT2D eigenvalue weighted by Gasteiger charge is 2.07. The predicted octanol–water partition coefficient (Wildman–Crippen LogP) is 3.47. The van der Waals surface area contributed by atoms with E-state index in [9.17, 15) is 9.59 Å². The molecule has 0 heterocycles. The van der Waals surface area contributed by atoms with E-state index in [2.05, 4.69) is 27.9 Å². The minimum atomic E-state index is -0.397. The number of ether oxygens (including phenoxy) is 1. The second kappa shape index (κ2) is 6.51. The van der Waals surface area contributed by atoms with Crippen molar-refractivity contribution in [2.45, 2.75) is 6.92 Å². The number of hydrogen-bond acceptors (Lipinski definition) is 3. The van der Waals surface area contributed by atoms with Crippen LogP contribution in [-0.2, 0) is 4.79 Å². The molecule has 102 valence electrons. The lowest BCUT2D eigenvalue weighted by Gasteiger charge is -2.07. The van der Waals surface area contributed by atoms with E-state index in [0.29, 0.717) is 17.0 Å². The molecule has 0 unspecified atom stereocenters. The zero-order chi connectivity index (χ0) is 14.5. The molecule has 0 fully saturated rings. The topological polar surface area (TPSA) is 55.4 Å². The molecule has 4 nitrogen and oxygen atoms in total. The molecule has 0 saturated heterocycles. The number of halogens is 1. The summed E-state index contributed by atoms with van der Waals surface area (Å²) in [5, 5.41) is 2.76. The summed E-state index contributed by atoms with van der Waals surface area (Å²) >= 11 is 2.18. The highest BCUT2D eigenvalue weighted by atomic mass is 127. The molecule has 0 aliphatic carbocycles. The van der Waals surface area contributed by atoms with Crippen molar-refractivity contribution in [3.8, 4) is 5.75 Å². The smallest absolute Gasteiger partial charge is 0.308 e. The van der Waals surface area contributed by atoms with Crippen molar-refractivity contribution in [2.75, 3.05) is 5.32 Å². The quantitative estimate of drug-likeness (QED) is 0.503. The molecule has 20 heavy (non-hydrogen) atoms. The largest absolute Gasteiger partial charge is 0.427 e. The summed E-state index contributed by atoms with van der Waals surface area (Å²) in [7, 11) is 0. The summed E-state index contributed by atoms with van der Waals surface area (Å²) < 4.78 is 6.03. The van der Waals surface area contributed by atoms with Crippen LogP contribution in [0.25, 0.3) is 0 Å². The zero-order valence-electron chi connectivity index (χ0n) is 10.7. The van der Waals surface area contributed by atoms with E-state index in [0.717, 1.165) is 3.57 Å². The number of amides is 1. The average molecular weight is 381 g/mol. The summed E-state index contributed by atoms with van der Waals surface area (Å²) in [6, 6.07) is 13.9. The van der Waals surface area contributed by atoms with Gasteiger partial charge in [0.2, 0.25) is 0 Å². The van der Waals surface area contributed by atoms with E-state index in [1.54, 1.807) is 36.4 Å². The minimum absolute atomic E-state index is 0.207. The van der Waals surface area contributed by atoms with Gasteiger partial charge in [0.05, 0.1) is 0 Å². The molecule has 0 aromatic heterocycles. The normalized spacial score (nSPS) is 9.90. The van der Waals surface area contributed by atoms with E-state index in [4.69, 9.17) is 4.74 Å². The third-order valence-electron chi connectivity index (χ3n) is 2.46. The van der Waals surface area contributed by atoms with Crippen LogP contribution in [0.15, 0.2) is 48.5 Å². The van der Waals surface area contributed by atoms with Crippen LogP contribution in [0.3, 0.4) is 0 Å². The summed E-state index contributed by atoms with van der Waals surface area (Å²) in [6.45, 7) is 1.33. The molecular formula is C15H12INO3. The molecule has 2 aromatic rings. The number of hydrogen-bond donors (Lipinski definition) is 1. The summed E-state index contributed by atoms with van der Waals surface area (Å²) in [6.07, 6.45) is 0. The van der Waals surface area contributed by atoms with E-state index in [1.165, 1.54) is 6.92 Å². The Balaban J connectivity index is 2.11. The van der Waals surface area contributed by atoms with Crippen molar-refractivity contribution in [1.82, 2.24) is 0 Å². The van der Waals surface area contributed by atoms with Gasteiger partial charge in [-0.1, -0.05) is 6.07 Å². The molecule has 2 rings (SSSR count). The maximum Gasteiger partial charge on any atom is 0.308 e. The van der Waals surface area contributed by atoms with Gasteiger partial charge in [0, 0.05) is 27.8 Å². The first kappa shape index (κ1) is 14.5. The predicted molar refractivity (Wildman–Crippen MR) is 84.9 cm³/mol. The monoisotopic (exact) mass is 381 g/mol. The Hall–Kier alpha value is -1.89. The summed E-state index contributed by atoms with van der Waals surface area (Å²) in [4.78, 5) is 22.9. The van der Waals surface area contributed by atoms with Crippen LogP contribution in [0.4, 0.5) is 5.69 Å². The van der Waals surface area contributed by atoms with Gasteiger partial charge in [0.25, 0.3) is 5.91 Å². The molecule has 0 aliphatic heterocycles. The SMILES string of the molecule is CC(=O)Oc1cccc(NC(=O)c2ccc(I)cc2)c1. The van der Waals surface area contributed by atoms with Crippen LogP contribution in [0, 0.1) is 3.57 Å². The van der Waals surface area contributed by atoms with Crippen molar-refractivity contribution < 1.29 is 14.3 Å². The molecular weight excluding hydrogens is 369 g/mol. The molecule has 0 radical (unpaired) electrons. The van der Waals surface area contributed by atoms with Gasteiger partial charge in [-0.3, -0.25) is 9.59 Å². The Morgan fingerprint density at radius 3 is 2.45 bits per heavy atom. The number of anilines is 1.